The predicted molar refractivity (Wildman–Crippen MR) is 112 cm³/mol. The smallest absolute Gasteiger partial charge is 0.224 e. The van der Waals surface area contributed by atoms with Crippen LogP contribution in [0, 0.1) is 20.8 Å². The van der Waals surface area contributed by atoms with Gasteiger partial charge in [-0.15, -0.1) is 0 Å². The van der Waals surface area contributed by atoms with Crippen LogP contribution in [0.25, 0.3) is 5.69 Å². The Kier molecular flexibility index (Phi) is 7.25. The van der Waals surface area contributed by atoms with E-state index >= 15 is 0 Å². The number of nitrogens with zero attached hydrogens (tertiary/aromatic N) is 3. The molecule has 2 rings (SSSR count). The Labute approximate surface area is 171 Å². The highest BCUT2D eigenvalue weighted by molar-refractivity contribution is 7.88. The van der Waals surface area contributed by atoms with Gasteiger partial charge in [0.15, 0.2) is 0 Å². The maximum absolute atomic E-state index is 12.3. The Morgan fingerprint density at radius 1 is 1.29 bits per heavy atom. The Morgan fingerprint density at radius 3 is 2.57 bits per heavy atom. The summed E-state index contributed by atoms with van der Waals surface area (Å²) in [5, 5.41) is 8.06. The zero-order valence-corrected chi connectivity index (χ0v) is 18.5. The molecule has 0 spiro atoms. The van der Waals surface area contributed by atoms with Gasteiger partial charge < -0.3 is 5.32 Å². The van der Waals surface area contributed by atoms with E-state index in [9.17, 15) is 13.2 Å². The van der Waals surface area contributed by atoms with Gasteiger partial charge in [0.25, 0.3) is 0 Å². The van der Waals surface area contributed by atoms with Crippen LogP contribution in [0.1, 0.15) is 28.9 Å². The minimum Gasteiger partial charge on any atom is -0.356 e. The molecule has 0 fully saturated rings. The van der Waals surface area contributed by atoms with Gasteiger partial charge in [-0.1, -0.05) is 17.7 Å². The number of carbonyl (C=O) groups excluding carboxylic acids is 1. The first-order valence-electron chi connectivity index (χ1n) is 9.00. The monoisotopic (exact) mass is 426 g/mol. The molecule has 2 aromatic rings. The number of hydrogen-bond acceptors (Lipinski definition) is 4. The van der Waals surface area contributed by atoms with E-state index in [4.69, 9.17) is 11.6 Å². The second-order valence-corrected chi connectivity index (χ2v) is 9.46. The van der Waals surface area contributed by atoms with E-state index in [0.29, 0.717) is 24.5 Å². The molecule has 9 heteroatoms. The van der Waals surface area contributed by atoms with Gasteiger partial charge in [0.1, 0.15) is 0 Å². The van der Waals surface area contributed by atoms with Gasteiger partial charge in [-0.3, -0.25) is 4.79 Å². The zero-order valence-electron chi connectivity index (χ0n) is 16.9. The number of halogens is 1. The van der Waals surface area contributed by atoms with Crippen molar-refractivity contribution in [2.45, 2.75) is 33.6 Å². The van der Waals surface area contributed by atoms with E-state index in [2.05, 4.69) is 10.4 Å². The molecule has 0 radical (unpaired) electrons. The average Bonchev–Trinajstić information content (AvgIpc) is 2.88. The fourth-order valence-corrected chi connectivity index (χ4v) is 3.45. The highest BCUT2D eigenvalue weighted by Gasteiger charge is 2.16. The molecule has 7 nitrogen and oxygen atoms in total. The third-order valence-corrected chi connectivity index (χ3v) is 6.44. The molecule has 0 atom stereocenters. The quantitative estimate of drug-likeness (QED) is 0.657. The molecule has 1 N–H and O–H groups in total. The normalized spacial score (nSPS) is 11.8. The molecule has 0 aliphatic heterocycles. The van der Waals surface area contributed by atoms with Crippen molar-refractivity contribution < 1.29 is 13.2 Å². The SMILES string of the molecule is Cc1ccc(-n2nc(C)c(CC(=O)NCCCN(C)S(C)(=O)=O)c2C)cc1Cl. The lowest BCUT2D eigenvalue weighted by Crippen LogP contribution is -2.31. The Hall–Kier alpha value is -1.90. The standard InChI is InChI=1S/C19H27ClN4O3S/c1-13-7-8-16(11-18(13)20)24-15(3)17(14(2)22-24)12-19(25)21-9-6-10-23(4)28(5,26)27/h7-8,11H,6,9-10,12H2,1-5H3,(H,21,25). The van der Waals surface area contributed by atoms with Crippen LogP contribution in [0.4, 0.5) is 0 Å². The van der Waals surface area contributed by atoms with Crippen molar-refractivity contribution in [2.24, 2.45) is 0 Å². The fourth-order valence-electron chi connectivity index (χ4n) is 2.81. The largest absolute Gasteiger partial charge is 0.356 e. The first-order valence-corrected chi connectivity index (χ1v) is 11.2. The summed E-state index contributed by atoms with van der Waals surface area (Å²) in [4.78, 5) is 12.3. The first kappa shape index (κ1) is 22.4. The Balaban J connectivity index is 2.00. The molecule has 0 saturated carbocycles. The summed E-state index contributed by atoms with van der Waals surface area (Å²) in [6.45, 7) is 6.53. The van der Waals surface area contributed by atoms with Crippen molar-refractivity contribution in [2.75, 3.05) is 26.4 Å². The van der Waals surface area contributed by atoms with Gasteiger partial charge in [0.2, 0.25) is 15.9 Å². The Bertz CT molecular complexity index is 970. The molecule has 1 amide bonds. The molecular formula is C19H27ClN4O3S. The third-order valence-electron chi connectivity index (χ3n) is 4.72. The summed E-state index contributed by atoms with van der Waals surface area (Å²) in [5.74, 6) is -0.116. The van der Waals surface area contributed by atoms with E-state index < -0.39 is 10.0 Å². The maximum Gasteiger partial charge on any atom is 0.224 e. The molecule has 1 aromatic heterocycles. The summed E-state index contributed by atoms with van der Waals surface area (Å²) in [6.07, 6.45) is 1.93. The van der Waals surface area contributed by atoms with Crippen LogP contribution < -0.4 is 5.32 Å². The molecular weight excluding hydrogens is 400 g/mol. The molecule has 0 aliphatic carbocycles. The number of carbonyl (C=O) groups is 1. The van der Waals surface area contributed by atoms with E-state index in [1.807, 2.05) is 39.0 Å². The molecule has 1 heterocycles. The van der Waals surface area contributed by atoms with Crippen LogP contribution in [0.3, 0.4) is 0 Å². The second kappa shape index (κ2) is 9.07. The van der Waals surface area contributed by atoms with Gasteiger partial charge in [-0.25, -0.2) is 17.4 Å². The van der Waals surface area contributed by atoms with E-state index in [1.165, 1.54) is 11.4 Å². The van der Waals surface area contributed by atoms with Crippen molar-refractivity contribution in [3.63, 3.8) is 0 Å². The number of amides is 1. The minimum atomic E-state index is -3.19. The molecule has 0 bridgehead atoms. The number of benzene rings is 1. The van der Waals surface area contributed by atoms with E-state index in [1.54, 1.807) is 4.68 Å². The van der Waals surface area contributed by atoms with E-state index in [-0.39, 0.29) is 12.3 Å². The highest BCUT2D eigenvalue weighted by atomic mass is 35.5. The number of aromatic nitrogens is 2. The summed E-state index contributed by atoms with van der Waals surface area (Å²) >= 11 is 6.22. The lowest BCUT2D eigenvalue weighted by atomic mass is 10.1. The molecule has 154 valence electrons. The molecule has 0 saturated heterocycles. The summed E-state index contributed by atoms with van der Waals surface area (Å²) < 4.78 is 25.8. The number of aryl methyl sites for hydroxylation is 2. The topological polar surface area (TPSA) is 84.3 Å². The van der Waals surface area contributed by atoms with Crippen LogP contribution in [-0.4, -0.2) is 54.8 Å². The van der Waals surface area contributed by atoms with Crippen LogP contribution in [0.5, 0.6) is 0 Å². The van der Waals surface area contributed by atoms with Gasteiger partial charge in [-0.2, -0.15) is 5.10 Å². The van der Waals surface area contributed by atoms with Crippen LogP contribution in [0.15, 0.2) is 18.2 Å². The van der Waals surface area contributed by atoms with Crippen molar-refractivity contribution in [1.82, 2.24) is 19.4 Å². The lowest BCUT2D eigenvalue weighted by Gasteiger charge is -2.13. The predicted octanol–water partition coefficient (Wildman–Crippen LogP) is 2.39. The summed E-state index contributed by atoms with van der Waals surface area (Å²) in [5.41, 5.74) is 4.41. The van der Waals surface area contributed by atoms with E-state index in [0.717, 1.165) is 34.5 Å². The second-order valence-electron chi connectivity index (χ2n) is 6.96. The molecule has 1 aromatic carbocycles. The van der Waals surface area contributed by atoms with Crippen molar-refractivity contribution in [3.05, 3.63) is 45.7 Å². The van der Waals surface area contributed by atoms with Crippen LogP contribution in [0.2, 0.25) is 5.02 Å². The van der Waals surface area contributed by atoms with Gasteiger partial charge in [0.05, 0.1) is 24.1 Å². The van der Waals surface area contributed by atoms with Crippen molar-refractivity contribution in [1.29, 1.82) is 0 Å². The first-order chi connectivity index (χ1) is 13.0. The third kappa shape index (κ3) is 5.56. The number of sulfonamides is 1. The highest BCUT2D eigenvalue weighted by Crippen LogP contribution is 2.23. The molecule has 0 aliphatic rings. The van der Waals surface area contributed by atoms with Crippen molar-refractivity contribution in [3.8, 4) is 5.69 Å². The van der Waals surface area contributed by atoms with Gasteiger partial charge in [-0.05, 0) is 44.9 Å². The maximum atomic E-state index is 12.3. The van der Waals surface area contributed by atoms with Gasteiger partial charge >= 0.3 is 0 Å². The summed E-state index contributed by atoms with van der Waals surface area (Å²) in [7, 11) is -1.67. The Morgan fingerprint density at radius 2 is 1.96 bits per heavy atom. The fraction of sp³-hybridized carbons (Fsp3) is 0.474. The van der Waals surface area contributed by atoms with Crippen molar-refractivity contribution >= 4 is 27.5 Å². The number of nitrogens with one attached hydrogen (secondary N) is 1. The zero-order chi connectivity index (χ0) is 21.1. The minimum absolute atomic E-state index is 0.116. The lowest BCUT2D eigenvalue weighted by molar-refractivity contribution is -0.120. The van der Waals surface area contributed by atoms with Crippen LogP contribution in [-0.2, 0) is 21.2 Å². The van der Waals surface area contributed by atoms with Crippen LogP contribution >= 0.6 is 11.6 Å². The molecule has 0 unspecified atom stereocenters. The molecule has 28 heavy (non-hydrogen) atoms. The summed E-state index contributed by atoms with van der Waals surface area (Å²) in [6, 6.07) is 5.75. The number of hydrogen-bond donors (Lipinski definition) is 1. The average molecular weight is 427 g/mol. The number of rotatable bonds is 8. The van der Waals surface area contributed by atoms with Gasteiger partial charge in [0, 0.05) is 36.4 Å².